The first-order valence-corrected chi connectivity index (χ1v) is 6.90. The predicted octanol–water partition coefficient (Wildman–Crippen LogP) is 2.35. The summed E-state index contributed by atoms with van der Waals surface area (Å²) in [4.78, 5) is 14.5. The number of hydrogen-bond acceptors (Lipinski definition) is 2. The van der Waals surface area contributed by atoms with Crippen molar-refractivity contribution in [3.05, 3.63) is 18.0 Å². The van der Waals surface area contributed by atoms with Crippen molar-refractivity contribution < 1.29 is 4.79 Å². The van der Waals surface area contributed by atoms with Crippen molar-refractivity contribution in [3.8, 4) is 0 Å². The zero-order valence-corrected chi connectivity index (χ0v) is 11.4. The molecule has 1 heterocycles. The summed E-state index contributed by atoms with van der Waals surface area (Å²) in [5.41, 5.74) is 7.18. The maximum absolute atomic E-state index is 12.5. The monoisotopic (exact) mass is 249 g/mol. The van der Waals surface area contributed by atoms with Crippen LogP contribution in [0.25, 0.3) is 0 Å². The number of amides is 1. The molecule has 1 aromatic heterocycles. The maximum Gasteiger partial charge on any atom is 0.270 e. The molecule has 2 rings (SSSR count). The molecular formula is C14H23N3O. The van der Waals surface area contributed by atoms with Crippen LogP contribution in [0.3, 0.4) is 0 Å². The zero-order chi connectivity index (χ0) is 13.1. The predicted molar refractivity (Wildman–Crippen MR) is 73.4 cm³/mol. The van der Waals surface area contributed by atoms with Crippen molar-refractivity contribution in [2.45, 2.75) is 39.7 Å². The third-order valence-electron chi connectivity index (χ3n) is 3.43. The molecule has 2 N–H and O–H groups in total. The van der Waals surface area contributed by atoms with Gasteiger partial charge in [-0.1, -0.05) is 6.92 Å². The largest absolute Gasteiger partial charge is 0.397 e. The molecule has 0 atom stereocenters. The van der Waals surface area contributed by atoms with Gasteiger partial charge in [0, 0.05) is 25.8 Å². The van der Waals surface area contributed by atoms with Crippen molar-refractivity contribution in [1.82, 2.24) is 9.47 Å². The average molecular weight is 249 g/mol. The van der Waals surface area contributed by atoms with E-state index in [1.807, 2.05) is 22.6 Å². The van der Waals surface area contributed by atoms with E-state index in [-0.39, 0.29) is 5.91 Å². The van der Waals surface area contributed by atoms with Gasteiger partial charge in [0.25, 0.3) is 5.91 Å². The van der Waals surface area contributed by atoms with Crippen LogP contribution in [-0.4, -0.2) is 28.5 Å². The molecule has 0 bridgehead atoms. The van der Waals surface area contributed by atoms with Gasteiger partial charge in [-0.2, -0.15) is 0 Å². The summed E-state index contributed by atoms with van der Waals surface area (Å²) in [6.45, 7) is 6.66. The fourth-order valence-electron chi connectivity index (χ4n) is 2.29. The lowest BCUT2D eigenvalue weighted by atomic mass is 10.2. The third kappa shape index (κ3) is 2.86. The lowest BCUT2D eigenvalue weighted by Gasteiger charge is -2.22. The Morgan fingerprint density at radius 1 is 1.50 bits per heavy atom. The minimum absolute atomic E-state index is 0.127. The SMILES string of the molecule is CCCN(CC1CC1)C(=O)c1cc(N)cn1CC. The molecular weight excluding hydrogens is 226 g/mol. The van der Waals surface area contributed by atoms with Crippen molar-refractivity contribution in [1.29, 1.82) is 0 Å². The molecule has 1 saturated carbocycles. The van der Waals surface area contributed by atoms with E-state index in [1.54, 1.807) is 6.07 Å². The fourth-order valence-corrected chi connectivity index (χ4v) is 2.29. The summed E-state index contributed by atoms with van der Waals surface area (Å²) in [6, 6.07) is 1.79. The molecule has 1 aromatic rings. The van der Waals surface area contributed by atoms with E-state index in [4.69, 9.17) is 5.73 Å². The molecule has 0 saturated heterocycles. The van der Waals surface area contributed by atoms with E-state index in [0.29, 0.717) is 5.69 Å². The first-order chi connectivity index (χ1) is 8.65. The second kappa shape index (κ2) is 5.46. The smallest absolute Gasteiger partial charge is 0.270 e. The second-order valence-electron chi connectivity index (χ2n) is 5.14. The van der Waals surface area contributed by atoms with Crippen molar-refractivity contribution in [2.75, 3.05) is 18.8 Å². The molecule has 0 unspecified atom stereocenters. The van der Waals surface area contributed by atoms with E-state index in [9.17, 15) is 4.79 Å². The highest BCUT2D eigenvalue weighted by Crippen LogP contribution is 2.30. The Labute approximate surface area is 109 Å². The number of aryl methyl sites for hydroxylation is 1. The molecule has 1 fully saturated rings. The molecule has 0 aliphatic heterocycles. The van der Waals surface area contributed by atoms with E-state index >= 15 is 0 Å². The standard InChI is InChI=1S/C14H23N3O/c1-3-7-17(9-11-5-6-11)14(18)13-8-12(15)10-16(13)4-2/h8,10-11H,3-7,9,15H2,1-2H3. The number of aromatic nitrogens is 1. The summed E-state index contributed by atoms with van der Waals surface area (Å²) in [6.07, 6.45) is 5.38. The molecule has 0 radical (unpaired) electrons. The van der Waals surface area contributed by atoms with Gasteiger partial charge in [0.15, 0.2) is 0 Å². The van der Waals surface area contributed by atoms with Crippen molar-refractivity contribution in [3.63, 3.8) is 0 Å². The van der Waals surface area contributed by atoms with E-state index in [0.717, 1.165) is 37.7 Å². The van der Waals surface area contributed by atoms with Crippen LogP contribution in [0.5, 0.6) is 0 Å². The number of nitrogens with zero attached hydrogens (tertiary/aromatic N) is 2. The van der Waals surface area contributed by atoms with Gasteiger partial charge < -0.3 is 15.2 Å². The minimum Gasteiger partial charge on any atom is -0.397 e. The molecule has 1 aliphatic carbocycles. The van der Waals surface area contributed by atoms with E-state index < -0.39 is 0 Å². The fraction of sp³-hybridized carbons (Fsp3) is 0.643. The second-order valence-corrected chi connectivity index (χ2v) is 5.14. The lowest BCUT2D eigenvalue weighted by Crippen LogP contribution is -2.34. The maximum atomic E-state index is 12.5. The summed E-state index contributed by atoms with van der Waals surface area (Å²) in [5.74, 6) is 0.852. The van der Waals surface area contributed by atoms with Gasteiger partial charge in [-0.3, -0.25) is 4.79 Å². The number of anilines is 1. The van der Waals surface area contributed by atoms with Gasteiger partial charge in [-0.15, -0.1) is 0 Å². The summed E-state index contributed by atoms with van der Waals surface area (Å²) in [7, 11) is 0. The molecule has 0 spiro atoms. The Kier molecular flexibility index (Phi) is 3.94. The quantitative estimate of drug-likeness (QED) is 0.841. The van der Waals surface area contributed by atoms with Gasteiger partial charge in [-0.25, -0.2) is 0 Å². The average Bonchev–Trinajstić information content (AvgIpc) is 3.08. The Morgan fingerprint density at radius 3 is 2.78 bits per heavy atom. The number of nitrogens with two attached hydrogens (primary N) is 1. The first-order valence-electron chi connectivity index (χ1n) is 6.90. The third-order valence-corrected chi connectivity index (χ3v) is 3.43. The molecule has 4 nitrogen and oxygen atoms in total. The van der Waals surface area contributed by atoms with Crippen LogP contribution < -0.4 is 5.73 Å². The number of hydrogen-bond donors (Lipinski definition) is 1. The lowest BCUT2D eigenvalue weighted by molar-refractivity contribution is 0.0737. The van der Waals surface area contributed by atoms with Gasteiger partial charge in [0.1, 0.15) is 5.69 Å². The van der Waals surface area contributed by atoms with Gasteiger partial charge >= 0.3 is 0 Å². The van der Waals surface area contributed by atoms with Crippen molar-refractivity contribution >= 4 is 11.6 Å². The molecule has 18 heavy (non-hydrogen) atoms. The van der Waals surface area contributed by atoms with E-state index in [2.05, 4.69) is 6.92 Å². The number of nitrogen functional groups attached to an aromatic ring is 1. The molecule has 0 aromatic carbocycles. The van der Waals surface area contributed by atoms with Crippen LogP contribution in [0.1, 0.15) is 43.6 Å². The van der Waals surface area contributed by atoms with Crippen LogP contribution in [0.4, 0.5) is 5.69 Å². The molecule has 100 valence electrons. The number of carbonyl (C=O) groups is 1. The highest BCUT2D eigenvalue weighted by atomic mass is 16.2. The molecule has 4 heteroatoms. The minimum atomic E-state index is 0.127. The van der Waals surface area contributed by atoms with E-state index in [1.165, 1.54) is 12.8 Å². The Morgan fingerprint density at radius 2 is 2.22 bits per heavy atom. The van der Waals surface area contributed by atoms with Crippen LogP contribution >= 0.6 is 0 Å². The Balaban J connectivity index is 2.14. The van der Waals surface area contributed by atoms with Gasteiger partial charge in [0.05, 0.1) is 5.69 Å². The molecule has 1 aliphatic rings. The highest BCUT2D eigenvalue weighted by Gasteiger charge is 2.27. The Hall–Kier alpha value is -1.45. The van der Waals surface area contributed by atoms with Crippen molar-refractivity contribution in [2.24, 2.45) is 5.92 Å². The molecule has 1 amide bonds. The van der Waals surface area contributed by atoms with Gasteiger partial charge in [-0.05, 0) is 38.2 Å². The summed E-state index contributed by atoms with van der Waals surface area (Å²) in [5, 5.41) is 0. The van der Waals surface area contributed by atoms with Crippen LogP contribution in [0.2, 0.25) is 0 Å². The van der Waals surface area contributed by atoms with Crippen LogP contribution in [-0.2, 0) is 6.54 Å². The number of carbonyl (C=O) groups excluding carboxylic acids is 1. The highest BCUT2D eigenvalue weighted by molar-refractivity contribution is 5.93. The van der Waals surface area contributed by atoms with Crippen LogP contribution in [0, 0.1) is 5.92 Å². The summed E-state index contributed by atoms with van der Waals surface area (Å²) >= 11 is 0. The Bertz CT molecular complexity index is 421. The topological polar surface area (TPSA) is 51.3 Å². The number of rotatable bonds is 6. The normalized spacial score (nSPS) is 14.8. The van der Waals surface area contributed by atoms with Gasteiger partial charge in [0.2, 0.25) is 0 Å². The zero-order valence-electron chi connectivity index (χ0n) is 11.4. The summed E-state index contributed by atoms with van der Waals surface area (Å²) < 4.78 is 1.94. The first kappa shape index (κ1) is 13.0. The van der Waals surface area contributed by atoms with Crippen LogP contribution in [0.15, 0.2) is 12.3 Å².